The van der Waals surface area contributed by atoms with Gasteiger partial charge in [0, 0.05) is 6.54 Å². The Morgan fingerprint density at radius 2 is 2.04 bits per heavy atom. The normalized spacial score (nSPS) is 11.3. The van der Waals surface area contributed by atoms with Crippen LogP contribution < -0.4 is 16.4 Å². The summed E-state index contributed by atoms with van der Waals surface area (Å²) < 4.78 is 53.1. The Bertz CT molecular complexity index is 780. The molecule has 1 heterocycles. The van der Waals surface area contributed by atoms with Crippen molar-refractivity contribution >= 4 is 11.7 Å². The molecule has 11 heteroatoms. The SMILES string of the molecule is CCn1ncn(NC(=O)Nc2ccc(F)cc2C(F)(F)F)c1=O. The van der Waals surface area contributed by atoms with Crippen LogP contribution in [0.25, 0.3) is 0 Å². The maximum Gasteiger partial charge on any atom is 0.418 e. The highest BCUT2D eigenvalue weighted by atomic mass is 19.4. The number of urea groups is 1. The second kappa shape index (κ2) is 6.10. The van der Waals surface area contributed by atoms with E-state index in [1.807, 2.05) is 10.7 Å². The van der Waals surface area contributed by atoms with Crippen LogP contribution in [0.4, 0.5) is 28.0 Å². The van der Waals surface area contributed by atoms with Gasteiger partial charge in [-0.25, -0.2) is 24.1 Å². The van der Waals surface area contributed by atoms with Crippen LogP contribution in [-0.4, -0.2) is 20.5 Å². The Kier molecular flexibility index (Phi) is 4.38. The molecule has 2 amide bonds. The van der Waals surface area contributed by atoms with Gasteiger partial charge < -0.3 is 5.32 Å². The zero-order valence-electron chi connectivity index (χ0n) is 11.7. The maximum absolute atomic E-state index is 13.0. The van der Waals surface area contributed by atoms with Crippen molar-refractivity contribution in [2.75, 3.05) is 10.7 Å². The summed E-state index contributed by atoms with van der Waals surface area (Å²) in [6.07, 6.45) is -3.85. The van der Waals surface area contributed by atoms with Gasteiger partial charge in [-0.1, -0.05) is 0 Å². The lowest BCUT2D eigenvalue weighted by atomic mass is 10.1. The molecular formula is C12H11F4N5O2. The summed E-state index contributed by atoms with van der Waals surface area (Å²) in [6, 6.07) is 0.693. The third kappa shape index (κ3) is 3.67. The van der Waals surface area contributed by atoms with E-state index < -0.39 is 35.0 Å². The van der Waals surface area contributed by atoms with Gasteiger partial charge in [-0.05, 0) is 25.1 Å². The molecule has 0 atom stereocenters. The van der Waals surface area contributed by atoms with Crippen molar-refractivity contribution in [3.63, 3.8) is 0 Å². The minimum atomic E-state index is -4.85. The predicted molar refractivity (Wildman–Crippen MR) is 71.9 cm³/mol. The number of aromatic nitrogens is 3. The number of carbonyl (C=O) groups excluding carboxylic acids is 1. The van der Waals surface area contributed by atoms with Crippen LogP contribution in [-0.2, 0) is 12.7 Å². The summed E-state index contributed by atoms with van der Waals surface area (Å²) >= 11 is 0. The number of nitrogens with zero attached hydrogens (tertiary/aromatic N) is 3. The molecule has 2 rings (SSSR count). The Morgan fingerprint density at radius 1 is 1.35 bits per heavy atom. The third-order valence-electron chi connectivity index (χ3n) is 2.79. The minimum absolute atomic E-state index is 0.255. The van der Waals surface area contributed by atoms with Crippen molar-refractivity contribution in [3.05, 3.63) is 46.4 Å². The van der Waals surface area contributed by atoms with Gasteiger partial charge in [0.1, 0.15) is 12.1 Å². The van der Waals surface area contributed by atoms with Crippen molar-refractivity contribution in [3.8, 4) is 0 Å². The second-order valence-corrected chi connectivity index (χ2v) is 4.35. The highest BCUT2D eigenvalue weighted by molar-refractivity contribution is 5.95. The highest BCUT2D eigenvalue weighted by Crippen LogP contribution is 2.35. The van der Waals surface area contributed by atoms with E-state index in [1.54, 1.807) is 6.92 Å². The lowest BCUT2D eigenvalue weighted by Crippen LogP contribution is -2.36. The number of aryl methyl sites for hydroxylation is 1. The molecular weight excluding hydrogens is 322 g/mol. The van der Waals surface area contributed by atoms with Gasteiger partial charge >= 0.3 is 17.9 Å². The summed E-state index contributed by atoms with van der Waals surface area (Å²) in [4.78, 5) is 23.4. The molecule has 0 aliphatic rings. The quantitative estimate of drug-likeness (QED) is 0.843. The summed E-state index contributed by atoms with van der Waals surface area (Å²) in [6.45, 7) is 1.90. The van der Waals surface area contributed by atoms with Crippen molar-refractivity contribution < 1.29 is 22.4 Å². The van der Waals surface area contributed by atoms with Crippen LogP contribution >= 0.6 is 0 Å². The van der Waals surface area contributed by atoms with E-state index in [0.29, 0.717) is 4.68 Å². The van der Waals surface area contributed by atoms with E-state index in [4.69, 9.17) is 0 Å². The van der Waals surface area contributed by atoms with Crippen LogP contribution in [0, 0.1) is 5.82 Å². The fourth-order valence-corrected chi connectivity index (χ4v) is 1.75. The molecule has 0 saturated heterocycles. The van der Waals surface area contributed by atoms with Gasteiger partial charge in [0.15, 0.2) is 0 Å². The average Bonchev–Trinajstić information content (AvgIpc) is 2.80. The lowest BCUT2D eigenvalue weighted by Gasteiger charge is -2.14. The Morgan fingerprint density at radius 3 is 2.61 bits per heavy atom. The average molecular weight is 333 g/mol. The number of amides is 2. The zero-order chi connectivity index (χ0) is 17.2. The van der Waals surface area contributed by atoms with Gasteiger partial charge in [-0.15, -0.1) is 0 Å². The third-order valence-corrected chi connectivity index (χ3v) is 2.79. The first-order valence-corrected chi connectivity index (χ1v) is 6.31. The van der Waals surface area contributed by atoms with E-state index in [2.05, 4.69) is 5.10 Å². The number of carbonyl (C=O) groups is 1. The highest BCUT2D eigenvalue weighted by Gasteiger charge is 2.34. The van der Waals surface area contributed by atoms with Gasteiger partial charge in [-0.3, -0.25) is 0 Å². The van der Waals surface area contributed by atoms with Crippen LogP contribution in [0.5, 0.6) is 0 Å². The van der Waals surface area contributed by atoms with Crippen LogP contribution in [0.1, 0.15) is 12.5 Å². The topological polar surface area (TPSA) is 81.0 Å². The van der Waals surface area contributed by atoms with E-state index in [9.17, 15) is 27.2 Å². The van der Waals surface area contributed by atoms with Gasteiger partial charge in [0.2, 0.25) is 0 Å². The van der Waals surface area contributed by atoms with Crippen molar-refractivity contribution in [2.24, 2.45) is 0 Å². The maximum atomic E-state index is 13.0. The first-order valence-electron chi connectivity index (χ1n) is 6.31. The molecule has 2 N–H and O–H groups in total. The Balaban J connectivity index is 2.20. The minimum Gasteiger partial charge on any atom is -0.306 e. The summed E-state index contributed by atoms with van der Waals surface area (Å²) in [5.41, 5.74) is -0.642. The molecule has 0 saturated carbocycles. The van der Waals surface area contributed by atoms with Crippen molar-refractivity contribution in [1.29, 1.82) is 0 Å². The van der Waals surface area contributed by atoms with Crippen molar-refractivity contribution in [1.82, 2.24) is 14.5 Å². The standard InChI is InChI=1S/C12H11F4N5O2/c1-2-20-11(23)21(6-17-20)19-10(22)18-9-4-3-7(13)5-8(9)12(14,15)16/h3-6H,2H2,1H3,(H2,18,19,22). The number of rotatable bonds is 3. The molecule has 1 aromatic carbocycles. The first kappa shape index (κ1) is 16.5. The summed E-state index contributed by atoms with van der Waals surface area (Å²) in [5, 5.41) is 5.57. The van der Waals surface area contributed by atoms with Gasteiger partial charge in [0.25, 0.3) is 0 Å². The fourth-order valence-electron chi connectivity index (χ4n) is 1.75. The van der Waals surface area contributed by atoms with Crippen LogP contribution in [0.15, 0.2) is 29.3 Å². The fraction of sp³-hybridized carbons (Fsp3) is 0.250. The molecule has 0 radical (unpaired) electrons. The van der Waals surface area contributed by atoms with E-state index in [1.165, 1.54) is 0 Å². The number of hydrogen-bond donors (Lipinski definition) is 2. The van der Waals surface area contributed by atoms with Gasteiger partial charge in [-0.2, -0.15) is 22.9 Å². The molecule has 0 fully saturated rings. The van der Waals surface area contributed by atoms with E-state index >= 15 is 0 Å². The first-order chi connectivity index (χ1) is 10.7. The number of alkyl halides is 3. The molecule has 1 aromatic heterocycles. The van der Waals surface area contributed by atoms with Crippen LogP contribution in [0.3, 0.4) is 0 Å². The molecule has 0 aliphatic heterocycles. The molecule has 0 unspecified atom stereocenters. The smallest absolute Gasteiger partial charge is 0.306 e. The number of anilines is 1. The molecule has 7 nitrogen and oxygen atoms in total. The largest absolute Gasteiger partial charge is 0.418 e. The zero-order valence-corrected chi connectivity index (χ0v) is 11.7. The Hall–Kier alpha value is -2.85. The number of nitrogens with one attached hydrogen (secondary N) is 2. The molecule has 2 aromatic rings. The molecule has 0 bridgehead atoms. The van der Waals surface area contributed by atoms with E-state index in [-0.39, 0.29) is 12.6 Å². The molecule has 23 heavy (non-hydrogen) atoms. The number of hydrogen-bond acceptors (Lipinski definition) is 3. The molecule has 0 aliphatic carbocycles. The number of benzene rings is 1. The summed E-state index contributed by atoms with van der Waals surface area (Å²) in [5.74, 6) is -1.09. The predicted octanol–water partition coefficient (Wildman–Crippen LogP) is 2.00. The summed E-state index contributed by atoms with van der Waals surface area (Å²) in [7, 11) is 0. The molecule has 0 spiro atoms. The second-order valence-electron chi connectivity index (χ2n) is 4.35. The Labute approximate surface area is 126 Å². The van der Waals surface area contributed by atoms with E-state index in [0.717, 1.165) is 23.1 Å². The lowest BCUT2D eigenvalue weighted by molar-refractivity contribution is -0.137. The monoisotopic (exact) mass is 333 g/mol. The van der Waals surface area contributed by atoms with Crippen LogP contribution in [0.2, 0.25) is 0 Å². The molecule has 124 valence electrons. The van der Waals surface area contributed by atoms with Crippen molar-refractivity contribution in [2.45, 2.75) is 19.6 Å². The van der Waals surface area contributed by atoms with Gasteiger partial charge in [0.05, 0.1) is 11.3 Å². The number of halogens is 4.